The molecule has 1 aliphatic carbocycles. The summed E-state index contributed by atoms with van der Waals surface area (Å²) >= 11 is 1.63. The Hall–Kier alpha value is -0.580. The number of hydrogen-bond donors (Lipinski definition) is 2. The average molecular weight is 269 g/mol. The van der Waals surface area contributed by atoms with Gasteiger partial charge < -0.3 is 15.6 Å². The predicted molar refractivity (Wildman–Crippen MR) is 75.9 cm³/mol. The first-order chi connectivity index (χ1) is 8.59. The fourth-order valence-electron chi connectivity index (χ4n) is 2.79. The fourth-order valence-corrected chi connectivity index (χ4v) is 4.05. The molecule has 4 heteroatoms. The minimum absolute atomic E-state index is 0.512. The second kappa shape index (κ2) is 5.59. The van der Waals surface area contributed by atoms with Gasteiger partial charge in [0, 0.05) is 23.5 Å². The Morgan fingerprint density at radius 1 is 1.44 bits per heavy atom. The zero-order valence-electron chi connectivity index (χ0n) is 11.3. The molecule has 3 nitrogen and oxygen atoms in total. The predicted octanol–water partition coefficient (Wildman–Crippen LogP) is 2.89. The number of ether oxygens (including phenoxy) is 1. The van der Waals surface area contributed by atoms with Crippen LogP contribution in [0, 0.1) is 0 Å². The minimum atomic E-state index is -0.512. The molecule has 1 atom stereocenters. The maximum atomic E-state index is 10.5. The van der Waals surface area contributed by atoms with Crippen molar-refractivity contribution in [2.24, 2.45) is 0 Å². The lowest BCUT2D eigenvalue weighted by Crippen LogP contribution is -2.35. The van der Waals surface area contributed by atoms with Crippen LogP contribution in [0.4, 0.5) is 5.00 Å². The molecular weight excluding hydrogens is 246 g/mol. The third-order valence-electron chi connectivity index (χ3n) is 3.73. The zero-order valence-corrected chi connectivity index (χ0v) is 12.1. The van der Waals surface area contributed by atoms with Crippen molar-refractivity contribution in [3.63, 3.8) is 0 Å². The molecule has 1 aromatic rings. The van der Waals surface area contributed by atoms with E-state index in [1.165, 1.54) is 10.4 Å². The normalized spacial score (nSPS) is 23.1. The molecule has 0 radical (unpaired) electrons. The Labute approximate surface area is 113 Å². The van der Waals surface area contributed by atoms with E-state index in [0.29, 0.717) is 13.2 Å². The van der Waals surface area contributed by atoms with E-state index in [2.05, 4.69) is 6.92 Å². The third-order valence-corrected chi connectivity index (χ3v) is 4.83. The number of fused-ring (bicyclic) bond motifs is 1. The first-order valence-electron chi connectivity index (χ1n) is 6.78. The summed E-state index contributed by atoms with van der Waals surface area (Å²) < 4.78 is 5.49. The Balaban J connectivity index is 2.19. The van der Waals surface area contributed by atoms with Crippen LogP contribution in [-0.2, 0) is 24.2 Å². The summed E-state index contributed by atoms with van der Waals surface area (Å²) in [5.41, 5.74) is 8.07. The van der Waals surface area contributed by atoms with Crippen LogP contribution in [0.2, 0.25) is 0 Å². The van der Waals surface area contributed by atoms with Gasteiger partial charge in [0.15, 0.2) is 0 Å². The molecule has 102 valence electrons. The van der Waals surface area contributed by atoms with E-state index in [4.69, 9.17) is 10.5 Å². The molecule has 0 saturated carbocycles. The monoisotopic (exact) mass is 269 g/mol. The summed E-state index contributed by atoms with van der Waals surface area (Å²) in [6, 6.07) is 0. The number of anilines is 1. The molecule has 1 unspecified atom stereocenters. The first kappa shape index (κ1) is 13.8. The highest BCUT2D eigenvalue weighted by Gasteiger charge is 2.34. The number of nitrogen functional groups attached to an aromatic ring is 1. The van der Waals surface area contributed by atoms with Crippen molar-refractivity contribution in [1.82, 2.24) is 0 Å². The molecule has 3 N–H and O–H groups in total. The topological polar surface area (TPSA) is 55.5 Å². The van der Waals surface area contributed by atoms with Crippen LogP contribution in [0.1, 0.15) is 49.1 Å². The van der Waals surface area contributed by atoms with Crippen LogP contribution < -0.4 is 5.73 Å². The van der Waals surface area contributed by atoms with E-state index in [1.54, 1.807) is 11.3 Å². The molecule has 2 rings (SSSR count). The lowest BCUT2D eigenvalue weighted by Gasteiger charge is -2.32. The molecule has 0 bridgehead atoms. The van der Waals surface area contributed by atoms with Gasteiger partial charge in [0.1, 0.15) is 0 Å². The molecule has 0 saturated heterocycles. The Morgan fingerprint density at radius 3 is 2.89 bits per heavy atom. The number of nitrogens with two attached hydrogens (primary N) is 1. The molecule has 0 fully saturated rings. The van der Waals surface area contributed by atoms with E-state index >= 15 is 0 Å². The van der Waals surface area contributed by atoms with Gasteiger partial charge in [0.05, 0.1) is 17.2 Å². The van der Waals surface area contributed by atoms with Crippen LogP contribution in [-0.4, -0.2) is 17.3 Å². The number of aliphatic hydroxyl groups is 1. The average Bonchev–Trinajstić information content (AvgIpc) is 2.61. The van der Waals surface area contributed by atoms with Crippen LogP contribution >= 0.6 is 11.3 Å². The smallest absolute Gasteiger partial charge is 0.0918 e. The van der Waals surface area contributed by atoms with Gasteiger partial charge in [-0.25, -0.2) is 0 Å². The van der Waals surface area contributed by atoms with Crippen molar-refractivity contribution in [2.45, 2.75) is 58.2 Å². The summed E-state index contributed by atoms with van der Waals surface area (Å²) in [5.74, 6) is 0. The highest BCUT2D eigenvalue weighted by Crippen LogP contribution is 2.41. The zero-order chi connectivity index (χ0) is 13.2. The summed E-state index contributed by atoms with van der Waals surface area (Å²) in [5, 5.41) is 11.4. The van der Waals surface area contributed by atoms with Gasteiger partial charge in [0.25, 0.3) is 0 Å². The minimum Gasteiger partial charge on any atom is -0.390 e. The quantitative estimate of drug-likeness (QED) is 0.864. The van der Waals surface area contributed by atoms with Gasteiger partial charge in [-0.3, -0.25) is 0 Å². The maximum absolute atomic E-state index is 10.5. The van der Waals surface area contributed by atoms with Crippen LogP contribution in [0.25, 0.3) is 0 Å². The highest BCUT2D eigenvalue weighted by molar-refractivity contribution is 7.16. The molecule has 0 aromatic carbocycles. The SMILES string of the molecule is CCCC1(O)CCc2c(sc(N)c2COCC)C1. The van der Waals surface area contributed by atoms with Gasteiger partial charge in [-0.15, -0.1) is 11.3 Å². The van der Waals surface area contributed by atoms with Gasteiger partial charge in [-0.1, -0.05) is 13.3 Å². The maximum Gasteiger partial charge on any atom is 0.0918 e. The standard InChI is InChI=1S/C14H23NO2S/c1-3-6-14(16)7-5-10-11(9-17-4-2)13(15)18-12(10)8-14/h16H,3-9,15H2,1-2H3. The number of rotatable bonds is 5. The fraction of sp³-hybridized carbons (Fsp3) is 0.714. The van der Waals surface area contributed by atoms with E-state index in [-0.39, 0.29) is 0 Å². The Morgan fingerprint density at radius 2 is 2.22 bits per heavy atom. The summed E-state index contributed by atoms with van der Waals surface area (Å²) in [7, 11) is 0. The second-order valence-electron chi connectivity index (χ2n) is 5.13. The first-order valence-corrected chi connectivity index (χ1v) is 7.60. The lowest BCUT2D eigenvalue weighted by atomic mass is 9.81. The van der Waals surface area contributed by atoms with Gasteiger partial charge in [-0.05, 0) is 31.7 Å². The van der Waals surface area contributed by atoms with Crippen molar-refractivity contribution in [3.8, 4) is 0 Å². The highest BCUT2D eigenvalue weighted by atomic mass is 32.1. The molecule has 1 heterocycles. The number of thiophene rings is 1. The van der Waals surface area contributed by atoms with Crippen molar-refractivity contribution in [3.05, 3.63) is 16.0 Å². The van der Waals surface area contributed by atoms with Crippen molar-refractivity contribution < 1.29 is 9.84 Å². The molecule has 1 aliphatic rings. The van der Waals surface area contributed by atoms with Crippen LogP contribution in [0.15, 0.2) is 0 Å². The van der Waals surface area contributed by atoms with E-state index in [9.17, 15) is 5.11 Å². The van der Waals surface area contributed by atoms with E-state index in [1.807, 2.05) is 6.92 Å². The van der Waals surface area contributed by atoms with Gasteiger partial charge >= 0.3 is 0 Å². The second-order valence-corrected chi connectivity index (χ2v) is 6.27. The molecule has 18 heavy (non-hydrogen) atoms. The molecule has 1 aromatic heterocycles. The largest absolute Gasteiger partial charge is 0.390 e. The summed E-state index contributed by atoms with van der Waals surface area (Å²) in [6.45, 7) is 5.44. The summed E-state index contributed by atoms with van der Waals surface area (Å²) in [4.78, 5) is 1.27. The van der Waals surface area contributed by atoms with Crippen molar-refractivity contribution >= 4 is 16.3 Å². The molecule has 0 amide bonds. The van der Waals surface area contributed by atoms with E-state index < -0.39 is 5.60 Å². The molecule has 0 spiro atoms. The lowest BCUT2D eigenvalue weighted by molar-refractivity contribution is 0.0179. The Kier molecular flexibility index (Phi) is 4.30. The molecular formula is C14H23NO2S. The van der Waals surface area contributed by atoms with Crippen molar-refractivity contribution in [2.75, 3.05) is 12.3 Å². The Bertz CT molecular complexity index is 416. The third kappa shape index (κ3) is 2.71. The summed E-state index contributed by atoms with van der Waals surface area (Å²) in [6.07, 6.45) is 4.45. The number of hydrogen-bond acceptors (Lipinski definition) is 4. The van der Waals surface area contributed by atoms with Gasteiger partial charge in [-0.2, -0.15) is 0 Å². The van der Waals surface area contributed by atoms with E-state index in [0.717, 1.165) is 42.7 Å². The molecule has 0 aliphatic heterocycles. The van der Waals surface area contributed by atoms with Crippen molar-refractivity contribution in [1.29, 1.82) is 0 Å². The van der Waals surface area contributed by atoms with Crippen LogP contribution in [0.3, 0.4) is 0 Å². The van der Waals surface area contributed by atoms with Crippen LogP contribution in [0.5, 0.6) is 0 Å². The van der Waals surface area contributed by atoms with Gasteiger partial charge in [0.2, 0.25) is 0 Å².